The van der Waals surface area contributed by atoms with Gasteiger partial charge in [-0.25, -0.2) is 0 Å². The van der Waals surface area contributed by atoms with Crippen LogP contribution in [0.15, 0.2) is 0 Å². The molecule has 2 saturated carbocycles. The number of hydrogen-bond donors (Lipinski definition) is 2. The molecule has 0 saturated heterocycles. The minimum Gasteiger partial charge on any atom is -0.481 e. The second-order valence-corrected chi connectivity index (χ2v) is 5.82. The van der Waals surface area contributed by atoms with E-state index < -0.39 is 11.5 Å². The molecule has 2 N–H and O–H groups in total. The van der Waals surface area contributed by atoms with E-state index in [1.165, 1.54) is 12.8 Å². The Labute approximate surface area is 102 Å². The molecule has 1 amide bonds. The van der Waals surface area contributed by atoms with E-state index in [0.29, 0.717) is 12.3 Å². The SMILES string of the molecule is CCC(C)(CC(=O)O)NC(=O)C1CC1C1CC1. The maximum absolute atomic E-state index is 12.0. The lowest BCUT2D eigenvalue weighted by Crippen LogP contribution is -2.47. The van der Waals surface area contributed by atoms with Gasteiger partial charge in [-0.3, -0.25) is 9.59 Å². The lowest BCUT2D eigenvalue weighted by atomic mass is 9.94. The number of rotatable bonds is 6. The summed E-state index contributed by atoms with van der Waals surface area (Å²) in [5.41, 5.74) is -0.598. The topological polar surface area (TPSA) is 66.4 Å². The van der Waals surface area contributed by atoms with Gasteiger partial charge in [0.15, 0.2) is 0 Å². The summed E-state index contributed by atoms with van der Waals surface area (Å²) in [7, 11) is 0. The first-order valence-corrected chi connectivity index (χ1v) is 6.49. The van der Waals surface area contributed by atoms with E-state index in [-0.39, 0.29) is 18.2 Å². The van der Waals surface area contributed by atoms with Gasteiger partial charge in [0.1, 0.15) is 0 Å². The van der Waals surface area contributed by atoms with Gasteiger partial charge < -0.3 is 10.4 Å². The molecule has 2 aliphatic carbocycles. The molecule has 0 radical (unpaired) electrons. The molecular formula is C13H21NO3. The number of carboxylic acids is 1. The molecule has 2 fully saturated rings. The van der Waals surface area contributed by atoms with E-state index in [1.54, 1.807) is 0 Å². The zero-order valence-electron chi connectivity index (χ0n) is 10.5. The lowest BCUT2D eigenvalue weighted by Gasteiger charge is -2.28. The summed E-state index contributed by atoms with van der Waals surface area (Å²) in [4.78, 5) is 22.8. The van der Waals surface area contributed by atoms with Gasteiger partial charge in [-0.15, -0.1) is 0 Å². The van der Waals surface area contributed by atoms with Crippen molar-refractivity contribution in [3.8, 4) is 0 Å². The first-order chi connectivity index (χ1) is 7.95. The van der Waals surface area contributed by atoms with Gasteiger partial charge in [0.2, 0.25) is 5.91 Å². The Balaban J connectivity index is 1.85. The Hall–Kier alpha value is -1.06. The van der Waals surface area contributed by atoms with E-state index in [9.17, 15) is 9.59 Å². The molecule has 3 atom stereocenters. The Morgan fingerprint density at radius 3 is 2.53 bits per heavy atom. The largest absolute Gasteiger partial charge is 0.481 e. The highest BCUT2D eigenvalue weighted by atomic mass is 16.4. The van der Waals surface area contributed by atoms with Gasteiger partial charge in [0.25, 0.3) is 0 Å². The van der Waals surface area contributed by atoms with Gasteiger partial charge in [-0.05, 0) is 44.4 Å². The van der Waals surface area contributed by atoms with Crippen molar-refractivity contribution in [3.05, 3.63) is 0 Å². The Morgan fingerprint density at radius 2 is 2.06 bits per heavy atom. The highest BCUT2D eigenvalue weighted by Gasteiger charge is 2.51. The minimum atomic E-state index is -0.857. The molecular weight excluding hydrogens is 218 g/mol. The van der Waals surface area contributed by atoms with Crippen LogP contribution in [0.4, 0.5) is 0 Å². The molecule has 0 aromatic carbocycles. The number of carboxylic acid groups (broad SMARTS) is 1. The molecule has 2 rings (SSSR count). The van der Waals surface area contributed by atoms with E-state index >= 15 is 0 Å². The van der Waals surface area contributed by atoms with Crippen LogP contribution < -0.4 is 5.32 Å². The molecule has 17 heavy (non-hydrogen) atoms. The fourth-order valence-electron chi connectivity index (χ4n) is 2.54. The van der Waals surface area contributed by atoms with E-state index in [1.807, 2.05) is 13.8 Å². The van der Waals surface area contributed by atoms with Crippen LogP contribution in [-0.2, 0) is 9.59 Å². The highest BCUT2D eigenvalue weighted by Crippen LogP contribution is 2.54. The first-order valence-electron chi connectivity index (χ1n) is 6.49. The van der Waals surface area contributed by atoms with Crippen LogP contribution in [0.2, 0.25) is 0 Å². The third kappa shape index (κ3) is 2.99. The van der Waals surface area contributed by atoms with E-state index in [0.717, 1.165) is 12.3 Å². The monoisotopic (exact) mass is 239 g/mol. The van der Waals surface area contributed by atoms with Crippen molar-refractivity contribution < 1.29 is 14.7 Å². The maximum Gasteiger partial charge on any atom is 0.305 e. The van der Waals surface area contributed by atoms with Crippen molar-refractivity contribution in [2.75, 3.05) is 0 Å². The number of carbonyl (C=O) groups excluding carboxylic acids is 1. The Bertz CT molecular complexity index is 338. The van der Waals surface area contributed by atoms with Gasteiger partial charge in [-0.2, -0.15) is 0 Å². The first kappa shape index (κ1) is 12.4. The maximum atomic E-state index is 12.0. The van der Waals surface area contributed by atoms with Crippen molar-refractivity contribution in [2.24, 2.45) is 17.8 Å². The normalized spacial score (nSPS) is 30.5. The summed E-state index contributed by atoms with van der Waals surface area (Å²) in [6.45, 7) is 3.72. The number of carbonyl (C=O) groups is 2. The van der Waals surface area contributed by atoms with Crippen LogP contribution in [0, 0.1) is 17.8 Å². The Morgan fingerprint density at radius 1 is 1.41 bits per heavy atom. The van der Waals surface area contributed by atoms with Crippen LogP contribution in [-0.4, -0.2) is 22.5 Å². The van der Waals surface area contributed by atoms with Crippen molar-refractivity contribution in [1.82, 2.24) is 5.32 Å². The van der Waals surface area contributed by atoms with Crippen LogP contribution in [0.1, 0.15) is 46.0 Å². The van der Waals surface area contributed by atoms with Gasteiger partial charge in [0, 0.05) is 11.5 Å². The predicted octanol–water partition coefficient (Wildman–Crippen LogP) is 1.79. The molecule has 0 aromatic rings. The van der Waals surface area contributed by atoms with Crippen molar-refractivity contribution in [3.63, 3.8) is 0 Å². The third-order valence-corrected chi connectivity index (χ3v) is 4.15. The average molecular weight is 239 g/mol. The van der Waals surface area contributed by atoms with E-state index in [2.05, 4.69) is 5.32 Å². The molecule has 2 aliphatic rings. The minimum absolute atomic E-state index is 0.00391. The summed E-state index contributed by atoms with van der Waals surface area (Å²) in [6.07, 6.45) is 4.19. The zero-order chi connectivity index (χ0) is 12.6. The van der Waals surface area contributed by atoms with Gasteiger partial charge in [-0.1, -0.05) is 6.92 Å². The van der Waals surface area contributed by atoms with E-state index in [4.69, 9.17) is 5.11 Å². The molecule has 0 aromatic heterocycles. The smallest absolute Gasteiger partial charge is 0.305 e. The van der Waals surface area contributed by atoms with Crippen LogP contribution in [0.25, 0.3) is 0 Å². The second-order valence-electron chi connectivity index (χ2n) is 5.82. The average Bonchev–Trinajstić information content (AvgIpc) is 3.07. The number of aliphatic carboxylic acids is 1. The summed E-state index contributed by atoms with van der Waals surface area (Å²) in [5, 5.41) is 11.8. The van der Waals surface area contributed by atoms with Crippen molar-refractivity contribution in [2.45, 2.75) is 51.5 Å². The predicted molar refractivity (Wildman–Crippen MR) is 63.4 cm³/mol. The van der Waals surface area contributed by atoms with Crippen LogP contribution >= 0.6 is 0 Å². The summed E-state index contributed by atoms with van der Waals surface area (Å²) in [6, 6.07) is 0. The quantitative estimate of drug-likeness (QED) is 0.742. The molecule has 96 valence electrons. The number of nitrogens with one attached hydrogen (secondary N) is 1. The van der Waals surface area contributed by atoms with Gasteiger partial charge >= 0.3 is 5.97 Å². The molecule has 0 heterocycles. The zero-order valence-corrected chi connectivity index (χ0v) is 10.5. The molecule has 0 bridgehead atoms. The summed E-state index contributed by atoms with van der Waals surface area (Å²) < 4.78 is 0. The lowest BCUT2D eigenvalue weighted by molar-refractivity contribution is -0.139. The van der Waals surface area contributed by atoms with Crippen molar-refractivity contribution >= 4 is 11.9 Å². The molecule has 0 spiro atoms. The third-order valence-electron chi connectivity index (χ3n) is 4.15. The van der Waals surface area contributed by atoms with Crippen LogP contribution in [0.5, 0.6) is 0 Å². The number of hydrogen-bond acceptors (Lipinski definition) is 2. The molecule has 3 unspecified atom stereocenters. The standard InChI is InChI=1S/C13H21NO3/c1-3-13(2,7-11(15)16)14-12(17)10-6-9(10)8-4-5-8/h8-10H,3-7H2,1-2H3,(H,14,17)(H,15,16). The van der Waals surface area contributed by atoms with Crippen LogP contribution in [0.3, 0.4) is 0 Å². The fraction of sp³-hybridized carbons (Fsp3) is 0.846. The number of amides is 1. The molecule has 4 nitrogen and oxygen atoms in total. The van der Waals surface area contributed by atoms with Crippen molar-refractivity contribution in [1.29, 1.82) is 0 Å². The molecule has 0 aliphatic heterocycles. The summed E-state index contributed by atoms with van der Waals surface area (Å²) in [5.74, 6) is 0.720. The molecule has 4 heteroatoms. The fourth-order valence-corrected chi connectivity index (χ4v) is 2.54. The summed E-state index contributed by atoms with van der Waals surface area (Å²) >= 11 is 0. The second kappa shape index (κ2) is 4.31. The highest BCUT2D eigenvalue weighted by molar-refractivity contribution is 5.83. The Kier molecular flexibility index (Phi) is 3.15. The van der Waals surface area contributed by atoms with Gasteiger partial charge in [0.05, 0.1) is 6.42 Å².